The van der Waals surface area contributed by atoms with Gasteiger partial charge in [0.2, 0.25) is 0 Å². The lowest BCUT2D eigenvalue weighted by molar-refractivity contribution is -0.118. The van der Waals surface area contributed by atoms with Gasteiger partial charge in [-0.15, -0.1) is 0 Å². The first kappa shape index (κ1) is 12.7. The highest BCUT2D eigenvalue weighted by atomic mass is 16.4. The molecule has 1 aromatic carbocycles. The van der Waals surface area contributed by atoms with E-state index in [-0.39, 0.29) is 17.0 Å². The molecule has 0 heterocycles. The van der Waals surface area contributed by atoms with Gasteiger partial charge in [-0.2, -0.15) is 0 Å². The number of nitrogens with two attached hydrogens (primary N) is 1. The van der Waals surface area contributed by atoms with Crippen molar-refractivity contribution in [1.82, 2.24) is 0 Å². The van der Waals surface area contributed by atoms with Crippen molar-refractivity contribution >= 4 is 18.4 Å². The Balaban J connectivity index is 2.91. The third kappa shape index (κ3) is 3.06. The maximum absolute atomic E-state index is 11.0. The maximum atomic E-state index is 11.0. The second kappa shape index (κ2) is 5.11. The molecule has 5 N–H and O–H groups in total. The fraction of sp³-hybridized carbons (Fsp3) is 0.300. The molecule has 0 aromatic heterocycles. The molecular weight excluding hydrogens is 209 g/mol. The third-order valence-electron chi connectivity index (χ3n) is 2.35. The minimum atomic E-state index is -1.74. The molecule has 0 aliphatic heterocycles. The van der Waals surface area contributed by atoms with E-state index in [0.717, 1.165) is 0 Å². The van der Waals surface area contributed by atoms with Crippen molar-refractivity contribution in [3.8, 4) is 5.75 Å². The van der Waals surface area contributed by atoms with Gasteiger partial charge in [0.05, 0.1) is 6.04 Å². The molecule has 86 valence electrons. The molecule has 0 unspecified atom stereocenters. The molecule has 1 rings (SSSR count). The van der Waals surface area contributed by atoms with Crippen LogP contribution in [0.25, 0.3) is 0 Å². The molecule has 5 nitrogen and oxygen atoms in total. The zero-order chi connectivity index (χ0) is 12.3. The van der Waals surface area contributed by atoms with Crippen LogP contribution in [0, 0.1) is 0 Å². The van der Waals surface area contributed by atoms with Crippen molar-refractivity contribution in [2.24, 2.45) is 5.73 Å². The van der Waals surface area contributed by atoms with Crippen LogP contribution in [-0.4, -0.2) is 34.1 Å². The van der Waals surface area contributed by atoms with Gasteiger partial charge in [-0.05, 0) is 25.0 Å². The summed E-state index contributed by atoms with van der Waals surface area (Å²) in [6.45, 7) is 1.40. The maximum Gasteiger partial charge on any atom is 0.492 e. The molecule has 6 heteroatoms. The van der Waals surface area contributed by atoms with Crippen LogP contribution in [0.3, 0.4) is 0 Å². The van der Waals surface area contributed by atoms with Crippen LogP contribution in [0.15, 0.2) is 18.2 Å². The van der Waals surface area contributed by atoms with E-state index in [4.69, 9.17) is 15.8 Å². The smallest absolute Gasteiger partial charge is 0.492 e. The summed E-state index contributed by atoms with van der Waals surface area (Å²) in [4.78, 5) is 11.0. The Kier molecular flexibility index (Phi) is 4.06. The van der Waals surface area contributed by atoms with Gasteiger partial charge in [0.25, 0.3) is 0 Å². The van der Waals surface area contributed by atoms with Gasteiger partial charge in [-0.1, -0.05) is 12.1 Å². The molecular formula is C10H14BNO4. The standard InChI is InChI=1S/C10H14BNO4/c1-6(13)9(12)5-7-2-3-10(14)8(4-7)11(15)16/h2-4,9,14-16H,5,12H2,1H3/t9-/m0/s1. The molecule has 0 radical (unpaired) electrons. The molecule has 1 atom stereocenters. The van der Waals surface area contributed by atoms with E-state index in [9.17, 15) is 9.90 Å². The minimum Gasteiger partial charge on any atom is -0.508 e. The van der Waals surface area contributed by atoms with E-state index in [0.29, 0.717) is 12.0 Å². The summed E-state index contributed by atoms with van der Waals surface area (Å²) in [5, 5.41) is 27.3. The van der Waals surface area contributed by atoms with E-state index >= 15 is 0 Å². The van der Waals surface area contributed by atoms with Crippen LogP contribution in [0.2, 0.25) is 0 Å². The number of hydrogen-bond donors (Lipinski definition) is 4. The molecule has 0 bridgehead atoms. The van der Waals surface area contributed by atoms with Crippen molar-refractivity contribution in [2.75, 3.05) is 0 Å². The Morgan fingerprint density at radius 3 is 2.62 bits per heavy atom. The molecule has 1 aromatic rings. The molecule has 0 saturated carbocycles. The van der Waals surface area contributed by atoms with Gasteiger partial charge >= 0.3 is 7.12 Å². The largest absolute Gasteiger partial charge is 0.508 e. The van der Waals surface area contributed by atoms with Gasteiger partial charge in [-0.25, -0.2) is 0 Å². The van der Waals surface area contributed by atoms with Crippen LogP contribution in [0.4, 0.5) is 0 Å². The first-order valence-electron chi connectivity index (χ1n) is 4.85. The summed E-state index contributed by atoms with van der Waals surface area (Å²) in [5.41, 5.74) is 6.25. The first-order chi connectivity index (χ1) is 7.41. The zero-order valence-electron chi connectivity index (χ0n) is 8.92. The quantitative estimate of drug-likeness (QED) is 0.466. The topological polar surface area (TPSA) is 104 Å². The van der Waals surface area contributed by atoms with Crippen molar-refractivity contribution < 1.29 is 19.9 Å². The Labute approximate surface area is 93.7 Å². The van der Waals surface area contributed by atoms with Crippen LogP contribution in [-0.2, 0) is 11.2 Å². The predicted octanol–water partition coefficient (Wildman–Crippen LogP) is -1.47. The van der Waals surface area contributed by atoms with Crippen molar-refractivity contribution in [3.05, 3.63) is 23.8 Å². The van der Waals surface area contributed by atoms with Crippen LogP contribution in [0.5, 0.6) is 5.75 Å². The number of hydrogen-bond acceptors (Lipinski definition) is 5. The van der Waals surface area contributed by atoms with Gasteiger partial charge in [0, 0.05) is 5.46 Å². The van der Waals surface area contributed by atoms with Crippen molar-refractivity contribution in [1.29, 1.82) is 0 Å². The van der Waals surface area contributed by atoms with E-state index in [1.807, 2.05) is 0 Å². The van der Waals surface area contributed by atoms with Crippen LogP contribution in [0.1, 0.15) is 12.5 Å². The Bertz CT molecular complexity index is 394. The summed E-state index contributed by atoms with van der Waals surface area (Å²) in [6.07, 6.45) is 0.301. The number of phenolic OH excluding ortho intramolecular Hbond substituents is 1. The molecule has 0 saturated heterocycles. The molecule has 0 aliphatic carbocycles. The number of rotatable bonds is 4. The number of phenols is 1. The zero-order valence-corrected chi connectivity index (χ0v) is 8.92. The first-order valence-corrected chi connectivity index (χ1v) is 4.85. The van der Waals surface area contributed by atoms with E-state index in [2.05, 4.69) is 0 Å². The normalized spacial score (nSPS) is 12.2. The SMILES string of the molecule is CC(=O)[C@@H](N)Cc1ccc(O)c(B(O)O)c1. The average molecular weight is 223 g/mol. The Hall–Kier alpha value is -1.37. The van der Waals surface area contributed by atoms with E-state index < -0.39 is 13.2 Å². The Morgan fingerprint density at radius 2 is 2.12 bits per heavy atom. The summed E-state index contributed by atoms with van der Waals surface area (Å²) in [5.74, 6) is -0.339. The molecule has 0 spiro atoms. The molecule has 0 fully saturated rings. The number of aromatic hydroxyl groups is 1. The van der Waals surface area contributed by atoms with Gasteiger partial charge in [0.1, 0.15) is 11.5 Å². The number of carbonyl (C=O) groups is 1. The van der Waals surface area contributed by atoms with Gasteiger partial charge in [0.15, 0.2) is 0 Å². The lowest BCUT2D eigenvalue weighted by Gasteiger charge is -2.10. The fourth-order valence-corrected chi connectivity index (χ4v) is 1.34. The van der Waals surface area contributed by atoms with Crippen LogP contribution < -0.4 is 11.2 Å². The predicted molar refractivity (Wildman–Crippen MR) is 60.3 cm³/mol. The van der Waals surface area contributed by atoms with Crippen molar-refractivity contribution in [3.63, 3.8) is 0 Å². The van der Waals surface area contributed by atoms with Gasteiger partial charge in [-0.3, -0.25) is 4.79 Å². The van der Waals surface area contributed by atoms with Crippen LogP contribution >= 0.6 is 0 Å². The lowest BCUT2D eigenvalue weighted by atomic mass is 9.78. The highest BCUT2D eigenvalue weighted by Gasteiger charge is 2.17. The molecule has 0 aliphatic rings. The fourth-order valence-electron chi connectivity index (χ4n) is 1.34. The van der Waals surface area contributed by atoms with Crippen molar-refractivity contribution in [2.45, 2.75) is 19.4 Å². The highest BCUT2D eigenvalue weighted by Crippen LogP contribution is 2.10. The number of benzene rings is 1. The minimum absolute atomic E-state index is 0.00764. The lowest BCUT2D eigenvalue weighted by Crippen LogP contribution is -2.33. The number of ketones is 1. The summed E-state index contributed by atoms with van der Waals surface area (Å²) in [6, 6.07) is 3.73. The molecule has 0 amide bonds. The monoisotopic (exact) mass is 223 g/mol. The summed E-state index contributed by atoms with van der Waals surface area (Å²) in [7, 11) is -1.74. The van der Waals surface area contributed by atoms with E-state index in [1.54, 1.807) is 6.07 Å². The van der Waals surface area contributed by atoms with E-state index in [1.165, 1.54) is 19.1 Å². The second-order valence-electron chi connectivity index (χ2n) is 3.69. The average Bonchev–Trinajstić information content (AvgIpc) is 2.20. The second-order valence-corrected chi connectivity index (χ2v) is 3.69. The Morgan fingerprint density at radius 1 is 1.50 bits per heavy atom. The summed E-state index contributed by atoms with van der Waals surface area (Å²) >= 11 is 0. The molecule has 16 heavy (non-hydrogen) atoms. The highest BCUT2D eigenvalue weighted by molar-refractivity contribution is 6.59. The number of Topliss-reactive ketones (excluding diaryl/α,β-unsaturated/α-hetero) is 1. The third-order valence-corrected chi connectivity index (χ3v) is 2.35. The number of carbonyl (C=O) groups excluding carboxylic acids is 1. The summed E-state index contributed by atoms with van der Waals surface area (Å²) < 4.78 is 0. The van der Waals surface area contributed by atoms with Gasteiger partial charge < -0.3 is 20.9 Å².